The van der Waals surface area contributed by atoms with E-state index in [1.54, 1.807) is 42.5 Å². The highest BCUT2D eigenvalue weighted by Gasteiger charge is 2.18. The summed E-state index contributed by atoms with van der Waals surface area (Å²) < 4.78 is 7.96. The van der Waals surface area contributed by atoms with E-state index < -0.39 is 0 Å². The van der Waals surface area contributed by atoms with Crippen molar-refractivity contribution < 1.29 is 9.53 Å². The molecule has 4 aromatic heterocycles. The quantitative estimate of drug-likeness (QED) is 0.509. The van der Waals surface area contributed by atoms with Gasteiger partial charge in [0.05, 0.1) is 23.7 Å². The number of thiazole rings is 1. The van der Waals surface area contributed by atoms with Crippen molar-refractivity contribution in [3.05, 3.63) is 48.2 Å². The maximum atomic E-state index is 12.8. The molecule has 0 fully saturated rings. The van der Waals surface area contributed by atoms with Crippen LogP contribution in [0.4, 0.5) is 5.13 Å². The van der Waals surface area contributed by atoms with Crippen LogP contribution in [0.1, 0.15) is 16.1 Å². The van der Waals surface area contributed by atoms with Crippen molar-refractivity contribution in [2.45, 2.75) is 6.54 Å². The number of carbonyl (C=O) groups excluding carboxylic acids is 1. The van der Waals surface area contributed by atoms with Gasteiger partial charge in [-0.05, 0) is 26.2 Å². The average molecular weight is 424 g/mol. The van der Waals surface area contributed by atoms with Gasteiger partial charge in [-0.3, -0.25) is 19.8 Å². The first kappa shape index (κ1) is 19.9. The Morgan fingerprint density at radius 3 is 2.83 bits per heavy atom. The Hall–Kier alpha value is -3.37. The molecule has 0 bridgehead atoms. The molecule has 154 valence electrons. The summed E-state index contributed by atoms with van der Waals surface area (Å²) in [7, 11) is 7.31. The van der Waals surface area contributed by atoms with Crippen LogP contribution < -0.4 is 10.1 Å². The number of aryl methyl sites for hydroxylation is 1. The van der Waals surface area contributed by atoms with Crippen LogP contribution in [0.15, 0.2) is 36.9 Å². The highest BCUT2D eigenvalue weighted by molar-refractivity contribution is 7.23. The number of pyridine rings is 2. The molecule has 4 heterocycles. The molecule has 4 aromatic rings. The fraction of sp³-hybridized carbons (Fsp3) is 0.250. The zero-order valence-electron chi connectivity index (χ0n) is 17.1. The maximum absolute atomic E-state index is 12.8. The molecule has 0 aliphatic carbocycles. The second-order valence-electron chi connectivity index (χ2n) is 7.01. The summed E-state index contributed by atoms with van der Waals surface area (Å²) in [5.41, 5.74) is 3.75. The van der Waals surface area contributed by atoms with E-state index in [1.807, 2.05) is 32.2 Å². The van der Waals surface area contributed by atoms with Gasteiger partial charge in [0.25, 0.3) is 5.91 Å². The van der Waals surface area contributed by atoms with E-state index in [4.69, 9.17) is 4.74 Å². The number of nitrogens with zero attached hydrogens (tertiary/aromatic N) is 6. The van der Waals surface area contributed by atoms with Gasteiger partial charge in [-0.2, -0.15) is 5.10 Å². The lowest BCUT2D eigenvalue weighted by Crippen LogP contribution is -2.15. The highest BCUT2D eigenvalue weighted by Crippen LogP contribution is 2.38. The molecular weight excluding hydrogens is 402 g/mol. The average Bonchev–Trinajstić information content (AvgIpc) is 3.33. The summed E-state index contributed by atoms with van der Waals surface area (Å²) in [5.74, 6) is 0.165. The van der Waals surface area contributed by atoms with E-state index >= 15 is 0 Å². The van der Waals surface area contributed by atoms with Gasteiger partial charge in [0.15, 0.2) is 5.13 Å². The van der Waals surface area contributed by atoms with E-state index in [0.717, 1.165) is 21.5 Å². The van der Waals surface area contributed by atoms with Crippen LogP contribution in [0.3, 0.4) is 0 Å². The minimum atomic E-state index is -0.244. The Balaban J connectivity index is 1.67. The number of hydrogen-bond acceptors (Lipinski definition) is 8. The Morgan fingerprint density at radius 1 is 1.30 bits per heavy atom. The lowest BCUT2D eigenvalue weighted by molar-refractivity contribution is 0.102. The molecule has 0 unspecified atom stereocenters. The first-order chi connectivity index (χ1) is 14.4. The zero-order valence-corrected chi connectivity index (χ0v) is 17.9. The number of fused-ring (bicyclic) bond motifs is 1. The summed E-state index contributed by atoms with van der Waals surface area (Å²) in [4.78, 5) is 28.0. The molecule has 0 saturated heterocycles. The van der Waals surface area contributed by atoms with Crippen LogP contribution in [0.5, 0.6) is 5.88 Å². The van der Waals surface area contributed by atoms with Gasteiger partial charge >= 0.3 is 0 Å². The number of methoxy groups -OCH3 is 1. The molecule has 4 rings (SSSR count). The zero-order chi connectivity index (χ0) is 21.3. The van der Waals surface area contributed by atoms with E-state index in [2.05, 4.69) is 25.4 Å². The minimum absolute atomic E-state index is 0.244. The molecule has 0 saturated carbocycles. The molecule has 10 heteroatoms. The number of aromatic nitrogens is 5. The van der Waals surface area contributed by atoms with Gasteiger partial charge in [-0.15, -0.1) is 0 Å². The van der Waals surface area contributed by atoms with Gasteiger partial charge < -0.3 is 9.64 Å². The Bertz CT molecular complexity index is 1220. The van der Waals surface area contributed by atoms with Gasteiger partial charge in [-0.25, -0.2) is 9.97 Å². The lowest BCUT2D eigenvalue weighted by atomic mass is 10.1. The van der Waals surface area contributed by atoms with Gasteiger partial charge in [-0.1, -0.05) is 11.3 Å². The number of anilines is 1. The van der Waals surface area contributed by atoms with Gasteiger partial charge in [0.2, 0.25) is 5.88 Å². The molecule has 0 aromatic carbocycles. The number of nitrogens with one attached hydrogen (secondary N) is 1. The van der Waals surface area contributed by atoms with Crippen molar-refractivity contribution in [1.29, 1.82) is 0 Å². The van der Waals surface area contributed by atoms with E-state index in [1.165, 1.54) is 11.3 Å². The smallest absolute Gasteiger partial charge is 0.257 e. The van der Waals surface area contributed by atoms with Gasteiger partial charge in [0, 0.05) is 48.9 Å². The summed E-state index contributed by atoms with van der Waals surface area (Å²) >= 11 is 1.37. The molecule has 0 radical (unpaired) electrons. The van der Waals surface area contributed by atoms with Crippen LogP contribution in [0.25, 0.3) is 21.3 Å². The minimum Gasteiger partial charge on any atom is -0.479 e. The first-order valence-corrected chi connectivity index (χ1v) is 10.00. The third kappa shape index (κ3) is 4.00. The molecule has 0 aliphatic heterocycles. The molecular formula is C20H21N7O2S. The van der Waals surface area contributed by atoms with Gasteiger partial charge in [0.1, 0.15) is 5.52 Å². The SMILES string of the molecule is COc1ncc(-c2cnn(C)c2)c2sc(NC(=O)c3ccnc(CN(C)C)c3)nc12. The second-order valence-corrected chi connectivity index (χ2v) is 8.01. The summed E-state index contributed by atoms with van der Waals surface area (Å²) in [6.45, 7) is 0.652. The summed E-state index contributed by atoms with van der Waals surface area (Å²) in [6, 6.07) is 3.47. The number of hydrogen-bond donors (Lipinski definition) is 1. The molecule has 9 nitrogen and oxygen atoms in total. The molecule has 0 spiro atoms. The van der Waals surface area contributed by atoms with Crippen LogP contribution in [0.2, 0.25) is 0 Å². The van der Waals surface area contributed by atoms with Crippen molar-refractivity contribution in [2.75, 3.05) is 26.5 Å². The lowest BCUT2D eigenvalue weighted by Gasteiger charge is -2.09. The van der Waals surface area contributed by atoms with Crippen LogP contribution in [-0.4, -0.2) is 56.7 Å². The molecule has 1 amide bonds. The fourth-order valence-electron chi connectivity index (χ4n) is 3.06. The predicted molar refractivity (Wildman–Crippen MR) is 116 cm³/mol. The largest absolute Gasteiger partial charge is 0.479 e. The fourth-order valence-corrected chi connectivity index (χ4v) is 4.04. The summed E-state index contributed by atoms with van der Waals surface area (Å²) in [5, 5.41) is 7.58. The van der Waals surface area contributed by atoms with Crippen molar-refractivity contribution in [3.8, 4) is 17.0 Å². The third-order valence-corrected chi connectivity index (χ3v) is 5.38. The van der Waals surface area contributed by atoms with Crippen molar-refractivity contribution in [1.82, 2.24) is 29.6 Å². The van der Waals surface area contributed by atoms with Crippen molar-refractivity contribution in [2.24, 2.45) is 7.05 Å². The predicted octanol–water partition coefficient (Wildman–Crippen LogP) is 2.81. The third-order valence-electron chi connectivity index (χ3n) is 4.37. The normalized spacial score (nSPS) is 11.2. The first-order valence-electron chi connectivity index (χ1n) is 9.18. The number of amides is 1. The monoisotopic (exact) mass is 423 g/mol. The van der Waals surface area contributed by atoms with Crippen LogP contribution in [0, 0.1) is 0 Å². The van der Waals surface area contributed by atoms with Crippen LogP contribution >= 0.6 is 11.3 Å². The maximum Gasteiger partial charge on any atom is 0.257 e. The Morgan fingerprint density at radius 2 is 2.13 bits per heavy atom. The molecule has 0 aliphatic rings. The second kappa shape index (κ2) is 8.17. The topological polar surface area (TPSA) is 98.1 Å². The number of carbonyl (C=O) groups is 1. The van der Waals surface area contributed by atoms with E-state index in [9.17, 15) is 4.79 Å². The Labute approximate surface area is 177 Å². The van der Waals surface area contributed by atoms with Crippen molar-refractivity contribution >= 4 is 32.6 Å². The standard InChI is InChI=1S/C20H21N7O2S/c1-26(2)11-14-7-12(5-6-21-14)18(28)25-20-24-16-17(30-20)15(9-22-19(16)29-4)13-8-23-27(3)10-13/h5-10H,11H2,1-4H3,(H,24,25,28). The highest BCUT2D eigenvalue weighted by atomic mass is 32.1. The van der Waals surface area contributed by atoms with Crippen LogP contribution in [-0.2, 0) is 13.6 Å². The van der Waals surface area contributed by atoms with E-state index in [-0.39, 0.29) is 5.91 Å². The number of ether oxygens (including phenoxy) is 1. The van der Waals surface area contributed by atoms with E-state index in [0.29, 0.717) is 28.6 Å². The molecule has 1 N–H and O–H groups in total. The molecule has 0 atom stereocenters. The number of rotatable bonds is 6. The van der Waals surface area contributed by atoms with Crippen molar-refractivity contribution in [3.63, 3.8) is 0 Å². The molecule has 30 heavy (non-hydrogen) atoms. The Kier molecular flexibility index (Phi) is 5.42. The summed E-state index contributed by atoms with van der Waals surface area (Å²) in [6.07, 6.45) is 7.05.